The van der Waals surface area contributed by atoms with Crippen molar-refractivity contribution in [3.63, 3.8) is 0 Å². The molecule has 0 saturated carbocycles. The minimum Gasteiger partial charge on any atom is -0.478 e. The van der Waals surface area contributed by atoms with Gasteiger partial charge in [0.15, 0.2) is 0 Å². The van der Waals surface area contributed by atoms with Gasteiger partial charge in [-0.05, 0) is 25.7 Å². The first-order chi connectivity index (χ1) is 5.83. The van der Waals surface area contributed by atoms with Crippen molar-refractivity contribution in [3.8, 4) is 5.75 Å². The van der Waals surface area contributed by atoms with Gasteiger partial charge in [0.1, 0.15) is 12.5 Å². The highest BCUT2D eigenvalue weighted by molar-refractivity contribution is 5.20. The lowest BCUT2D eigenvalue weighted by Crippen LogP contribution is -2.22. The predicted octanol–water partition coefficient (Wildman–Crippen LogP) is 1.97. The zero-order valence-electron chi connectivity index (χ0n) is 7.66. The molecule has 12 heavy (non-hydrogen) atoms. The lowest BCUT2D eigenvalue weighted by atomic mass is 10.3. The standard InChI is InChI=1S/C10H15NO/c1-3-11(2)9-12-10-7-5-4-6-8-10/h4-8H,3,9H2,1-2H3. The molecule has 0 spiro atoms. The number of para-hydroxylation sites is 1. The van der Waals surface area contributed by atoms with Gasteiger partial charge in [0.05, 0.1) is 0 Å². The predicted molar refractivity (Wildman–Crippen MR) is 50.2 cm³/mol. The van der Waals surface area contributed by atoms with E-state index in [1.54, 1.807) is 0 Å². The maximum absolute atomic E-state index is 5.48. The van der Waals surface area contributed by atoms with Gasteiger partial charge in [-0.1, -0.05) is 25.1 Å². The quantitative estimate of drug-likeness (QED) is 0.632. The van der Waals surface area contributed by atoms with Crippen LogP contribution in [-0.4, -0.2) is 25.2 Å². The van der Waals surface area contributed by atoms with Crippen LogP contribution in [0.5, 0.6) is 5.75 Å². The van der Waals surface area contributed by atoms with Crippen LogP contribution in [0.15, 0.2) is 30.3 Å². The number of benzene rings is 1. The van der Waals surface area contributed by atoms with Crippen LogP contribution < -0.4 is 4.74 Å². The van der Waals surface area contributed by atoms with Gasteiger partial charge in [-0.3, -0.25) is 4.90 Å². The van der Waals surface area contributed by atoms with Crippen LogP contribution in [0, 0.1) is 0 Å². The van der Waals surface area contributed by atoms with Gasteiger partial charge in [0, 0.05) is 0 Å². The molecule has 0 unspecified atom stereocenters. The molecule has 1 aromatic carbocycles. The van der Waals surface area contributed by atoms with E-state index < -0.39 is 0 Å². The van der Waals surface area contributed by atoms with Crippen LogP contribution in [0.3, 0.4) is 0 Å². The molecule has 2 nitrogen and oxygen atoms in total. The van der Waals surface area contributed by atoms with Gasteiger partial charge in [-0.25, -0.2) is 0 Å². The van der Waals surface area contributed by atoms with Crippen LogP contribution >= 0.6 is 0 Å². The van der Waals surface area contributed by atoms with E-state index in [2.05, 4.69) is 11.8 Å². The summed E-state index contributed by atoms with van der Waals surface area (Å²) in [5, 5.41) is 0. The Bertz CT molecular complexity index is 210. The molecular formula is C10H15NO. The average Bonchev–Trinajstić information content (AvgIpc) is 2.16. The van der Waals surface area contributed by atoms with Crippen molar-refractivity contribution in [3.05, 3.63) is 30.3 Å². The number of hydrogen-bond acceptors (Lipinski definition) is 2. The third-order valence-corrected chi connectivity index (χ3v) is 1.73. The summed E-state index contributed by atoms with van der Waals surface area (Å²) in [4.78, 5) is 2.10. The van der Waals surface area contributed by atoms with Crippen molar-refractivity contribution in [1.29, 1.82) is 0 Å². The van der Waals surface area contributed by atoms with Gasteiger partial charge < -0.3 is 4.74 Å². The smallest absolute Gasteiger partial charge is 0.141 e. The Hall–Kier alpha value is -1.02. The van der Waals surface area contributed by atoms with Crippen molar-refractivity contribution < 1.29 is 4.74 Å². The summed E-state index contributed by atoms with van der Waals surface area (Å²) >= 11 is 0. The maximum atomic E-state index is 5.48. The summed E-state index contributed by atoms with van der Waals surface area (Å²) in [6.45, 7) is 3.77. The highest BCUT2D eigenvalue weighted by atomic mass is 16.5. The third kappa shape index (κ3) is 2.93. The van der Waals surface area contributed by atoms with Gasteiger partial charge in [0.2, 0.25) is 0 Å². The van der Waals surface area contributed by atoms with E-state index >= 15 is 0 Å². The number of ether oxygens (including phenoxy) is 1. The van der Waals surface area contributed by atoms with Crippen molar-refractivity contribution in [2.24, 2.45) is 0 Å². The first-order valence-electron chi connectivity index (χ1n) is 4.19. The van der Waals surface area contributed by atoms with Crippen molar-refractivity contribution in [2.75, 3.05) is 20.3 Å². The molecule has 0 atom stereocenters. The molecule has 66 valence electrons. The Morgan fingerprint density at radius 1 is 1.25 bits per heavy atom. The molecule has 1 rings (SSSR count). The van der Waals surface area contributed by atoms with Crippen LogP contribution in [0.25, 0.3) is 0 Å². The molecule has 0 aliphatic carbocycles. The summed E-state index contributed by atoms with van der Waals surface area (Å²) in [5.41, 5.74) is 0. The number of rotatable bonds is 4. The van der Waals surface area contributed by atoms with Gasteiger partial charge in [-0.15, -0.1) is 0 Å². The van der Waals surface area contributed by atoms with Crippen molar-refractivity contribution in [1.82, 2.24) is 4.90 Å². The minimum absolute atomic E-state index is 0.653. The first kappa shape index (κ1) is 9.07. The summed E-state index contributed by atoms with van der Waals surface area (Å²) in [5.74, 6) is 0.929. The van der Waals surface area contributed by atoms with Crippen LogP contribution in [0.4, 0.5) is 0 Å². The Morgan fingerprint density at radius 3 is 2.50 bits per heavy atom. The van der Waals surface area contributed by atoms with Crippen molar-refractivity contribution >= 4 is 0 Å². The van der Waals surface area contributed by atoms with Crippen LogP contribution in [0.2, 0.25) is 0 Å². The topological polar surface area (TPSA) is 12.5 Å². The van der Waals surface area contributed by atoms with Gasteiger partial charge in [-0.2, -0.15) is 0 Å². The third-order valence-electron chi connectivity index (χ3n) is 1.73. The van der Waals surface area contributed by atoms with E-state index in [9.17, 15) is 0 Å². The Morgan fingerprint density at radius 2 is 1.92 bits per heavy atom. The zero-order valence-corrected chi connectivity index (χ0v) is 7.66. The highest BCUT2D eigenvalue weighted by Gasteiger charge is 1.94. The molecule has 0 aliphatic rings. The molecule has 0 heterocycles. The Labute approximate surface area is 73.8 Å². The monoisotopic (exact) mass is 165 g/mol. The second-order valence-electron chi connectivity index (χ2n) is 2.76. The molecule has 0 N–H and O–H groups in total. The molecular weight excluding hydrogens is 150 g/mol. The lowest BCUT2D eigenvalue weighted by molar-refractivity contribution is 0.159. The minimum atomic E-state index is 0.653. The summed E-state index contributed by atoms with van der Waals surface area (Å²) < 4.78 is 5.48. The van der Waals surface area contributed by atoms with E-state index in [-0.39, 0.29) is 0 Å². The molecule has 0 saturated heterocycles. The SMILES string of the molecule is CCN(C)COc1ccccc1. The average molecular weight is 165 g/mol. The summed E-state index contributed by atoms with van der Waals surface area (Å²) in [6.07, 6.45) is 0. The van der Waals surface area contributed by atoms with E-state index in [1.807, 2.05) is 37.4 Å². The Balaban J connectivity index is 2.33. The second-order valence-corrected chi connectivity index (χ2v) is 2.76. The van der Waals surface area contributed by atoms with E-state index in [1.165, 1.54) is 0 Å². The fourth-order valence-electron chi connectivity index (χ4n) is 0.793. The molecule has 0 aromatic heterocycles. The lowest BCUT2D eigenvalue weighted by Gasteiger charge is -2.14. The van der Waals surface area contributed by atoms with Crippen molar-refractivity contribution in [2.45, 2.75) is 6.92 Å². The molecule has 0 fully saturated rings. The zero-order chi connectivity index (χ0) is 8.81. The van der Waals surface area contributed by atoms with Crippen LogP contribution in [0.1, 0.15) is 6.92 Å². The van der Waals surface area contributed by atoms with Crippen LogP contribution in [-0.2, 0) is 0 Å². The molecule has 0 aliphatic heterocycles. The highest BCUT2D eigenvalue weighted by Crippen LogP contribution is 2.07. The van der Waals surface area contributed by atoms with Gasteiger partial charge >= 0.3 is 0 Å². The molecule has 1 aromatic rings. The molecule has 0 radical (unpaired) electrons. The normalized spacial score (nSPS) is 10.2. The first-order valence-corrected chi connectivity index (χ1v) is 4.19. The molecule has 0 amide bonds. The summed E-state index contributed by atoms with van der Waals surface area (Å²) in [7, 11) is 2.03. The fourth-order valence-corrected chi connectivity index (χ4v) is 0.793. The largest absolute Gasteiger partial charge is 0.478 e. The number of hydrogen-bond donors (Lipinski definition) is 0. The maximum Gasteiger partial charge on any atom is 0.141 e. The number of nitrogens with zero attached hydrogens (tertiary/aromatic N) is 1. The second kappa shape index (κ2) is 4.78. The van der Waals surface area contributed by atoms with E-state index in [4.69, 9.17) is 4.74 Å². The van der Waals surface area contributed by atoms with E-state index in [0.717, 1.165) is 12.3 Å². The van der Waals surface area contributed by atoms with Gasteiger partial charge in [0.25, 0.3) is 0 Å². The molecule has 2 heteroatoms. The summed E-state index contributed by atoms with van der Waals surface area (Å²) in [6, 6.07) is 9.85. The molecule has 0 bridgehead atoms. The fraction of sp³-hybridized carbons (Fsp3) is 0.400. The Kier molecular flexibility index (Phi) is 3.61. The van der Waals surface area contributed by atoms with E-state index in [0.29, 0.717) is 6.73 Å².